The first-order valence-electron chi connectivity index (χ1n) is 10.5. The summed E-state index contributed by atoms with van der Waals surface area (Å²) in [5.41, 5.74) is -1.38. The number of alkyl halides is 3. The van der Waals surface area contributed by atoms with Gasteiger partial charge in [-0.05, 0) is 47.2 Å². The normalized spacial score (nSPS) is 11.6. The van der Waals surface area contributed by atoms with E-state index in [2.05, 4.69) is 0 Å². The van der Waals surface area contributed by atoms with E-state index in [-0.39, 0.29) is 34.8 Å². The minimum absolute atomic E-state index is 0.0418. The lowest BCUT2D eigenvalue weighted by atomic mass is 10.1. The monoisotopic (exact) mass is 495 g/mol. The summed E-state index contributed by atoms with van der Waals surface area (Å²) in [6, 6.07) is 18.1. The molecule has 36 heavy (non-hydrogen) atoms. The minimum Gasteiger partial charge on any atom is -0.542 e. The Bertz CT molecular complexity index is 1660. The maximum Gasteiger partial charge on any atom is 0.453 e. The van der Waals surface area contributed by atoms with Gasteiger partial charge in [-0.2, -0.15) is 13.2 Å². The van der Waals surface area contributed by atoms with Gasteiger partial charge in [0, 0.05) is 6.07 Å². The highest BCUT2D eigenvalue weighted by molar-refractivity contribution is 5.84. The van der Waals surface area contributed by atoms with E-state index < -0.39 is 34.8 Å². The van der Waals surface area contributed by atoms with Crippen LogP contribution in [-0.4, -0.2) is 5.97 Å². The molecule has 0 N–H and O–H groups in total. The number of hydrogen-bond donors (Lipinski definition) is 0. The van der Waals surface area contributed by atoms with Gasteiger partial charge < -0.3 is 28.2 Å². The second-order valence-corrected chi connectivity index (χ2v) is 7.70. The van der Waals surface area contributed by atoms with Crippen molar-refractivity contribution in [2.75, 3.05) is 0 Å². The molecule has 0 amide bonds. The van der Waals surface area contributed by atoms with Crippen molar-refractivity contribution in [3.63, 3.8) is 0 Å². The SMILES string of the molecule is O=C([O-])c1ccc(COc2ccc3c(=O)c(Oc4ccc5ccccc5c4)c(C(F)(F)F)oc3c2)o1. The van der Waals surface area contributed by atoms with Crippen LogP contribution in [0, 0.1) is 0 Å². The number of benzene rings is 3. The van der Waals surface area contributed by atoms with Crippen LogP contribution in [-0.2, 0) is 12.8 Å². The Hall–Kier alpha value is -4.73. The average molecular weight is 495 g/mol. The number of carboxylic acids is 1. The summed E-state index contributed by atoms with van der Waals surface area (Å²) in [5, 5.41) is 12.2. The zero-order valence-electron chi connectivity index (χ0n) is 18.1. The van der Waals surface area contributed by atoms with Crippen LogP contribution in [0.15, 0.2) is 86.4 Å². The molecule has 5 aromatic rings. The summed E-state index contributed by atoms with van der Waals surface area (Å²) in [4.78, 5) is 23.8. The number of halogens is 3. The van der Waals surface area contributed by atoms with Crippen LogP contribution in [0.5, 0.6) is 17.2 Å². The Morgan fingerprint density at radius 2 is 1.64 bits per heavy atom. The van der Waals surface area contributed by atoms with Crippen LogP contribution in [0.25, 0.3) is 21.7 Å². The van der Waals surface area contributed by atoms with Gasteiger partial charge in [-0.25, -0.2) is 0 Å². The summed E-state index contributed by atoms with van der Waals surface area (Å²) in [7, 11) is 0. The first kappa shape index (κ1) is 23.0. The fourth-order valence-corrected chi connectivity index (χ4v) is 3.59. The first-order valence-corrected chi connectivity index (χ1v) is 10.5. The van der Waals surface area contributed by atoms with E-state index in [1.165, 1.54) is 36.4 Å². The fourth-order valence-electron chi connectivity index (χ4n) is 3.59. The number of hydrogen-bond acceptors (Lipinski definition) is 7. The molecule has 10 heteroatoms. The summed E-state index contributed by atoms with van der Waals surface area (Å²) >= 11 is 0. The number of aromatic carboxylic acids is 1. The number of carbonyl (C=O) groups is 1. The summed E-state index contributed by atoms with van der Waals surface area (Å²) in [5.74, 6) is -4.22. The summed E-state index contributed by atoms with van der Waals surface area (Å²) in [6.45, 7) is -0.224. The summed E-state index contributed by atoms with van der Waals surface area (Å²) in [6.07, 6.45) is -5.02. The van der Waals surface area contributed by atoms with Crippen molar-refractivity contribution in [2.24, 2.45) is 0 Å². The lowest BCUT2D eigenvalue weighted by molar-refractivity contribution is -0.257. The molecule has 5 rings (SSSR count). The van der Waals surface area contributed by atoms with Gasteiger partial charge in [-0.3, -0.25) is 4.79 Å². The van der Waals surface area contributed by atoms with Crippen LogP contribution in [0.1, 0.15) is 22.1 Å². The van der Waals surface area contributed by atoms with E-state index in [1.807, 2.05) is 12.1 Å². The highest BCUT2D eigenvalue weighted by Gasteiger charge is 2.40. The van der Waals surface area contributed by atoms with Crippen LogP contribution in [0.3, 0.4) is 0 Å². The van der Waals surface area contributed by atoms with Gasteiger partial charge in [0.1, 0.15) is 41.2 Å². The van der Waals surface area contributed by atoms with Gasteiger partial charge in [-0.1, -0.05) is 30.3 Å². The molecule has 0 aliphatic carbocycles. The van der Waals surface area contributed by atoms with Gasteiger partial charge in [0.25, 0.3) is 5.76 Å². The molecule has 3 aromatic carbocycles. The van der Waals surface area contributed by atoms with Crippen molar-refractivity contribution in [1.82, 2.24) is 0 Å². The van der Waals surface area contributed by atoms with E-state index in [0.29, 0.717) is 0 Å². The van der Waals surface area contributed by atoms with Crippen molar-refractivity contribution >= 4 is 27.7 Å². The van der Waals surface area contributed by atoms with Crippen LogP contribution < -0.4 is 20.0 Å². The lowest BCUT2D eigenvalue weighted by Crippen LogP contribution is -2.21. The second kappa shape index (κ2) is 8.81. The smallest absolute Gasteiger partial charge is 0.453 e. The molecule has 0 aliphatic heterocycles. The molecular weight excluding hydrogens is 481 g/mol. The van der Waals surface area contributed by atoms with Gasteiger partial charge in [-0.15, -0.1) is 0 Å². The summed E-state index contributed by atoms with van der Waals surface area (Å²) < 4.78 is 62.5. The van der Waals surface area contributed by atoms with Crippen LogP contribution in [0.4, 0.5) is 13.2 Å². The number of fused-ring (bicyclic) bond motifs is 2. The largest absolute Gasteiger partial charge is 0.542 e. The molecular formula is C26H14F3O7-. The van der Waals surface area contributed by atoms with Crippen molar-refractivity contribution < 1.29 is 41.4 Å². The molecule has 0 saturated heterocycles. The Kier molecular flexibility index (Phi) is 5.63. The standard InChI is InChI=1S/C26H15F3O7/c27-26(28,29)24-23(35-17-6-5-14-3-1-2-4-15(14)11-17)22(30)19-9-7-16(12-21(19)36-24)33-13-18-8-10-20(34-18)25(31)32/h1-12H,13H2,(H,31,32)/p-1. The quantitative estimate of drug-likeness (QED) is 0.315. The first-order chi connectivity index (χ1) is 17.2. The van der Waals surface area contributed by atoms with Gasteiger partial charge >= 0.3 is 6.18 Å². The molecule has 7 nitrogen and oxygen atoms in total. The molecule has 0 saturated carbocycles. The average Bonchev–Trinajstić information content (AvgIpc) is 3.33. The van der Waals surface area contributed by atoms with Crippen molar-refractivity contribution in [3.8, 4) is 17.2 Å². The highest BCUT2D eigenvalue weighted by atomic mass is 19.4. The molecule has 182 valence electrons. The highest BCUT2D eigenvalue weighted by Crippen LogP contribution is 2.39. The van der Waals surface area contributed by atoms with Gasteiger partial charge in [0.2, 0.25) is 11.2 Å². The fraction of sp³-hybridized carbons (Fsp3) is 0.0769. The minimum atomic E-state index is -5.02. The molecule has 0 radical (unpaired) electrons. The molecule has 0 atom stereocenters. The molecule has 0 bridgehead atoms. The molecule has 2 heterocycles. The molecule has 0 aliphatic rings. The van der Waals surface area contributed by atoms with Gasteiger partial charge in [0.05, 0.1) is 5.39 Å². The number of carbonyl (C=O) groups excluding carboxylic acids is 1. The number of carboxylic acid groups (broad SMARTS) is 1. The third-order valence-corrected chi connectivity index (χ3v) is 5.26. The molecule has 2 aromatic heterocycles. The zero-order valence-corrected chi connectivity index (χ0v) is 18.1. The van der Waals surface area contributed by atoms with E-state index in [0.717, 1.165) is 16.8 Å². The third kappa shape index (κ3) is 4.48. The molecule has 0 fully saturated rings. The van der Waals surface area contributed by atoms with Gasteiger partial charge in [0.15, 0.2) is 0 Å². The van der Waals surface area contributed by atoms with Crippen molar-refractivity contribution in [3.05, 3.63) is 100 Å². The third-order valence-electron chi connectivity index (χ3n) is 5.26. The van der Waals surface area contributed by atoms with Crippen LogP contribution in [0.2, 0.25) is 0 Å². The van der Waals surface area contributed by atoms with E-state index in [1.54, 1.807) is 18.2 Å². The topological polar surface area (TPSA) is 102 Å². The van der Waals surface area contributed by atoms with E-state index >= 15 is 0 Å². The van der Waals surface area contributed by atoms with Crippen molar-refractivity contribution in [2.45, 2.75) is 12.8 Å². The Morgan fingerprint density at radius 3 is 2.36 bits per heavy atom. The lowest BCUT2D eigenvalue weighted by Gasteiger charge is -2.14. The Balaban J connectivity index is 1.50. The van der Waals surface area contributed by atoms with E-state index in [9.17, 15) is 27.9 Å². The maximum absolute atomic E-state index is 13.8. The zero-order chi connectivity index (χ0) is 25.4. The predicted octanol–water partition coefficient (Wildman–Crippen LogP) is 5.29. The maximum atomic E-state index is 13.8. The number of rotatable bonds is 6. The van der Waals surface area contributed by atoms with Crippen LogP contribution >= 0.6 is 0 Å². The molecule has 0 unspecified atom stereocenters. The second-order valence-electron chi connectivity index (χ2n) is 7.70. The Morgan fingerprint density at radius 1 is 0.889 bits per heavy atom. The number of furan rings is 1. The Labute approximate surface area is 199 Å². The van der Waals surface area contributed by atoms with E-state index in [4.69, 9.17) is 18.3 Å². The number of ether oxygens (including phenoxy) is 2. The molecule has 0 spiro atoms. The van der Waals surface area contributed by atoms with Crippen molar-refractivity contribution in [1.29, 1.82) is 0 Å². The predicted molar refractivity (Wildman–Crippen MR) is 119 cm³/mol.